The Kier molecular flexibility index (Phi) is 6.90. The number of nitro groups is 1. The lowest BCUT2D eigenvalue weighted by molar-refractivity contribution is -0.384. The number of alkyl halides is 3. The van der Waals surface area contributed by atoms with Crippen molar-refractivity contribution < 1.29 is 36.8 Å². The number of halogens is 4. The molecule has 4 aromatic rings. The van der Waals surface area contributed by atoms with Gasteiger partial charge in [0.15, 0.2) is 0 Å². The number of non-ortho nitro benzene ring substituents is 1. The van der Waals surface area contributed by atoms with Crippen molar-refractivity contribution in [2.75, 3.05) is 0 Å². The number of rotatable bonds is 6. The van der Waals surface area contributed by atoms with E-state index < -0.39 is 39.6 Å². The summed E-state index contributed by atoms with van der Waals surface area (Å²) in [6.07, 6.45) is -4.37. The molecule has 190 valence electrons. The van der Waals surface area contributed by atoms with Crippen LogP contribution in [0.4, 0.5) is 18.9 Å². The van der Waals surface area contributed by atoms with Gasteiger partial charge in [-0.15, -0.1) is 0 Å². The highest BCUT2D eigenvalue weighted by Gasteiger charge is 2.40. The highest BCUT2D eigenvalue weighted by Crippen LogP contribution is 2.39. The first-order chi connectivity index (χ1) is 17.5. The van der Waals surface area contributed by atoms with Crippen LogP contribution in [0.5, 0.6) is 17.2 Å². The molecule has 0 atom stereocenters. The summed E-state index contributed by atoms with van der Waals surface area (Å²) < 4.78 is 56.8. The van der Waals surface area contributed by atoms with Gasteiger partial charge in [0.05, 0.1) is 20.9 Å². The molecule has 0 spiro atoms. The molecule has 0 aliphatic rings. The number of benzene rings is 3. The molecular weight excluding hydrogens is 519 g/mol. The second-order valence-corrected chi connectivity index (χ2v) is 8.06. The van der Waals surface area contributed by atoms with Crippen LogP contribution in [-0.4, -0.2) is 10.9 Å². The smallest absolute Gasteiger partial charge is 0.449 e. The van der Waals surface area contributed by atoms with E-state index in [9.17, 15) is 32.9 Å². The lowest BCUT2D eigenvalue weighted by Gasteiger charge is -2.14. The Morgan fingerprint density at radius 1 is 1.05 bits per heavy atom. The molecule has 12 heteroatoms. The molecule has 0 saturated carbocycles. The van der Waals surface area contributed by atoms with E-state index in [2.05, 4.69) is 0 Å². The summed E-state index contributed by atoms with van der Waals surface area (Å²) in [5.74, 6) is -3.97. The van der Waals surface area contributed by atoms with Gasteiger partial charge in [0.1, 0.15) is 17.1 Å². The number of carbonyl (C=O) groups is 1. The number of nitrogens with zero attached hydrogens (tertiary/aromatic N) is 1. The van der Waals surface area contributed by atoms with E-state index in [-0.39, 0.29) is 33.2 Å². The van der Waals surface area contributed by atoms with Crippen LogP contribution in [0.3, 0.4) is 0 Å². The molecule has 3 aromatic carbocycles. The van der Waals surface area contributed by atoms with E-state index in [1.807, 2.05) is 6.92 Å². The van der Waals surface area contributed by atoms with Crippen molar-refractivity contribution in [3.63, 3.8) is 0 Å². The molecule has 0 unspecified atom stereocenters. The Labute approximate surface area is 210 Å². The largest absolute Gasteiger partial charge is 0.453 e. The Bertz CT molecular complexity index is 1580. The van der Waals surface area contributed by atoms with Crippen molar-refractivity contribution in [3.05, 3.63) is 103 Å². The van der Waals surface area contributed by atoms with Gasteiger partial charge in [0.2, 0.25) is 11.2 Å². The fourth-order valence-corrected chi connectivity index (χ4v) is 3.61. The number of hydrogen-bond donors (Lipinski definition) is 0. The lowest BCUT2D eigenvalue weighted by atomic mass is 10.1. The molecule has 0 fully saturated rings. The van der Waals surface area contributed by atoms with Crippen LogP contribution in [0.1, 0.15) is 28.6 Å². The number of nitro benzene ring substituents is 1. The van der Waals surface area contributed by atoms with Gasteiger partial charge in [-0.1, -0.05) is 30.7 Å². The topological polar surface area (TPSA) is 109 Å². The molecule has 37 heavy (non-hydrogen) atoms. The third-order valence-electron chi connectivity index (χ3n) is 5.23. The molecule has 0 amide bonds. The zero-order valence-electron chi connectivity index (χ0n) is 18.8. The molecule has 0 bridgehead atoms. The minimum absolute atomic E-state index is 0.0138. The zero-order valence-corrected chi connectivity index (χ0v) is 19.6. The van der Waals surface area contributed by atoms with Gasteiger partial charge in [-0.25, -0.2) is 4.79 Å². The SMILES string of the molecule is CCc1ccc(Oc2c(C(F)(F)F)oc3cc(OC(=O)c4ccc([N+](=O)[O-])cc4Cl)ccc3c2=O)cc1. The molecule has 8 nitrogen and oxygen atoms in total. The summed E-state index contributed by atoms with van der Waals surface area (Å²) in [5.41, 5.74) is -1.24. The minimum atomic E-state index is -5.08. The number of esters is 1. The first-order valence-corrected chi connectivity index (χ1v) is 11.0. The first kappa shape index (κ1) is 25.7. The molecule has 0 saturated heterocycles. The maximum absolute atomic E-state index is 13.8. The summed E-state index contributed by atoms with van der Waals surface area (Å²) >= 11 is 5.92. The van der Waals surface area contributed by atoms with E-state index in [1.54, 1.807) is 12.1 Å². The predicted octanol–water partition coefficient (Wildman–Crippen LogP) is 6.95. The van der Waals surface area contributed by atoms with Gasteiger partial charge >= 0.3 is 12.1 Å². The summed E-state index contributed by atoms with van der Waals surface area (Å²) in [7, 11) is 0. The average molecular weight is 534 g/mol. The van der Waals surface area contributed by atoms with Gasteiger partial charge < -0.3 is 13.9 Å². The molecule has 0 N–H and O–H groups in total. The van der Waals surface area contributed by atoms with Crippen molar-refractivity contribution in [3.8, 4) is 17.2 Å². The molecule has 0 aliphatic carbocycles. The number of ether oxygens (including phenoxy) is 2. The highest BCUT2D eigenvalue weighted by atomic mass is 35.5. The van der Waals surface area contributed by atoms with Gasteiger partial charge in [-0.3, -0.25) is 14.9 Å². The Morgan fingerprint density at radius 3 is 2.32 bits per heavy atom. The number of carbonyl (C=O) groups excluding carboxylic acids is 1. The fourth-order valence-electron chi connectivity index (χ4n) is 3.36. The summed E-state index contributed by atoms with van der Waals surface area (Å²) in [5, 5.41) is 10.3. The third kappa shape index (κ3) is 5.41. The van der Waals surface area contributed by atoms with E-state index >= 15 is 0 Å². The molecule has 1 heterocycles. The maximum atomic E-state index is 13.8. The van der Waals surface area contributed by atoms with E-state index in [4.69, 9.17) is 25.5 Å². The zero-order chi connectivity index (χ0) is 26.9. The second kappa shape index (κ2) is 9.94. The monoisotopic (exact) mass is 533 g/mol. The van der Waals surface area contributed by atoms with Crippen molar-refractivity contribution in [1.29, 1.82) is 0 Å². The fraction of sp³-hybridized carbons (Fsp3) is 0.120. The van der Waals surface area contributed by atoms with Gasteiger partial charge in [0, 0.05) is 18.2 Å². The first-order valence-electron chi connectivity index (χ1n) is 10.6. The molecular formula is C25H15ClF3NO7. The Morgan fingerprint density at radius 2 is 1.73 bits per heavy atom. The normalized spacial score (nSPS) is 11.4. The maximum Gasteiger partial charge on any atom is 0.453 e. The second-order valence-electron chi connectivity index (χ2n) is 7.66. The third-order valence-corrected chi connectivity index (χ3v) is 5.54. The van der Waals surface area contributed by atoms with Gasteiger partial charge in [-0.2, -0.15) is 13.2 Å². The van der Waals surface area contributed by atoms with Crippen LogP contribution in [0.25, 0.3) is 11.0 Å². The van der Waals surface area contributed by atoms with Crippen LogP contribution in [-0.2, 0) is 12.6 Å². The Balaban J connectivity index is 1.71. The molecule has 1 aromatic heterocycles. The lowest BCUT2D eigenvalue weighted by Crippen LogP contribution is -2.15. The number of fused-ring (bicyclic) bond motifs is 1. The van der Waals surface area contributed by atoms with E-state index in [0.29, 0.717) is 6.42 Å². The van der Waals surface area contributed by atoms with Crippen LogP contribution in [0.15, 0.2) is 69.9 Å². The predicted molar refractivity (Wildman–Crippen MR) is 126 cm³/mol. The van der Waals surface area contributed by atoms with Crippen molar-refractivity contribution in [2.45, 2.75) is 19.5 Å². The van der Waals surface area contributed by atoms with Crippen molar-refractivity contribution in [2.24, 2.45) is 0 Å². The van der Waals surface area contributed by atoms with E-state index in [0.717, 1.165) is 35.9 Å². The summed E-state index contributed by atoms with van der Waals surface area (Å²) in [4.78, 5) is 35.6. The average Bonchev–Trinajstić information content (AvgIpc) is 2.85. The molecule has 4 rings (SSSR count). The van der Waals surface area contributed by atoms with Crippen LogP contribution < -0.4 is 14.9 Å². The van der Waals surface area contributed by atoms with E-state index in [1.165, 1.54) is 18.2 Å². The van der Waals surface area contributed by atoms with Crippen LogP contribution in [0.2, 0.25) is 5.02 Å². The van der Waals surface area contributed by atoms with Gasteiger partial charge in [0.25, 0.3) is 11.4 Å². The van der Waals surface area contributed by atoms with Crippen molar-refractivity contribution in [1.82, 2.24) is 0 Å². The minimum Gasteiger partial charge on any atom is -0.449 e. The Hall–Kier alpha value is -4.38. The quantitative estimate of drug-likeness (QED) is 0.114. The highest BCUT2D eigenvalue weighted by molar-refractivity contribution is 6.33. The van der Waals surface area contributed by atoms with Crippen LogP contribution >= 0.6 is 11.6 Å². The summed E-state index contributed by atoms with van der Waals surface area (Å²) in [6, 6.07) is 12.5. The van der Waals surface area contributed by atoms with Crippen LogP contribution in [0, 0.1) is 10.1 Å². The number of aryl methyl sites for hydroxylation is 1. The number of hydrogen-bond acceptors (Lipinski definition) is 7. The summed E-state index contributed by atoms with van der Waals surface area (Å²) in [6.45, 7) is 1.90. The van der Waals surface area contributed by atoms with Gasteiger partial charge in [-0.05, 0) is 42.3 Å². The standard InChI is InChI=1S/C25H15ClF3NO7/c1-2-13-3-6-15(7-4-13)35-22-21(31)18-10-8-16(12-20(18)37-23(22)25(27,28)29)36-24(32)17-9-5-14(30(33)34)11-19(17)26/h3-12H,2H2,1H3. The van der Waals surface area contributed by atoms with Crippen molar-refractivity contribution >= 4 is 34.2 Å². The molecule has 0 aliphatic heterocycles. The molecule has 0 radical (unpaired) electrons.